The van der Waals surface area contributed by atoms with E-state index in [0.717, 1.165) is 25.7 Å². The number of carbonyl (C=O) groups excluding carboxylic acids is 1. The average Bonchev–Trinajstić information content (AvgIpc) is 2.94. The standard InChI is InChI=1S/C14H22N4O3/c1-8(2)13-16-17-14(21-13)15-12(20)7-18-9-3-4-10(18)6-11(19)5-9/h8-11,19H,3-7H2,1-2H3,(H,15,17,20). The molecular weight excluding hydrogens is 272 g/mol. The summed E-state index contributed by atoms with van der Waals surface area (Å²) in [6.45, 7) is 4.23. The Morgan fingerprint density at radius 1 is 1.38 bits per heavy atom. The van der Waals surface area contributed by atoms with Crippen molar-refractivity contribution in [1.82, 2.24) is 15.1 Å². The molecule has 2 N–H and O–H groups in total. The third kappa shape index (κ3) is 3.08. The van der Waals surface area contributed by atoms with Crippen molar-refractivity contribution in [2.75, 3.05) is 11.9 Å². The van der Waals surface area contributed by atoms with Gasteiger partial charge >= 0.3 is 6.01 Å². The van der Waals surface area contributed by atoms with Crippen molar-refractivity contribution in [3.8, 4) is 0 Å². The van der Waals surface area contributed by atoms with E-state index in [0.29, 0.717) is 24.5 Å². The number of hydrogen-bond donors (Lipinski definition) is 2. The molecule has 0 saturated carbocycles. The van der Waals surface area contributed by atoms with E-state index in [-0.39, 0.29) is 23.9 Å². The summed E-state index contributed by atoms with van der Waals surface area (Å²) < 4.78 is 5.38. The summed E-state index contributed by atoms with van der Waals surface area (Å²) in [5, 5.41) is 20.2. The second kappa shape index (κ2) is 5.73. The lowest BCUT2D eigenvalue weighted by Crippen LogP contribution is -2.47. The molecule has 2 aliphatic rings. The zero-order chi connectivity index (χ0) is 15.0. The van der Waals surface area contributed by atoms with Crippen LogP contribution >= 0.6 is 0 Å². The lowest BCUT2D eigenvalue weighted by Gasteiger charge is -2.36. The minimum absolute atomic E-state index is 0.137. The van der Waals surface area contributed by atoms with Crippen LogP contribution in [0.1, 0.15) is 51.3 Å². The maximum absolute atomic E-state index is 12.1. The van der Waals surface area contributed by atoms with Crippen LogP contribution in [0.25, 0.3) is 0 Å². The summed E-state index contributed by atoms with van der Waals surface area (Å²) >= 11 is 0. The second-order valence-corrected chi connectivity index (χ2v) is 6.33. The molecule has 3 rings (SSSR count). The molecule has 2 aliphatic heterocycles. The third-order valence-electron chi connectivity index (χ3n) is 4.37. The SMILES string of the molecule is CC(C)c1nnc(NC(=O)CN2C3CCC2CC(O)C3)o1. The number of fused-ring (bicyclic) bond motifs is 2. The van der Waals surface area contributed by atoms with Crippen molar-refractivity contribution in [2.24, 2.45) is 0 Å². The van der Waals surface area contributed by atoms with Crippen LogP contribution in [-0.2, 0) is 4.79 Å². The number of nitrogens with zero attached hydrogens (tertiary/aromatic N) is 3. The summed E-state index contributed by atoms with van der Waals surface area (Å²) in [5.74, 6) is 0.524. The second-order valence-electron chi connectivity index (χ2n) is 6.33. The molecule has 3 heterocycles. The van der Waals surface area contributed by atoms with Gasteiger partial charge in [-0.2, -0.15) is 0 Å². The van der Waals surface area contributed by atoms with Gasteiger partial charge in [0.25, 0.3) is 0 Å². The molecule has 0 radical (unpaired) electrons. The van der Waals surface area contributed by atoms with Gasteiger partial charge in [-0.25, -0.2) is 0 Å². The summed E-state index contributed by atoms with van der Waals surface area (Å²) in [7, 11) is 0. The fourth-order valence-electron chi connectivity index (χ4n) is 3.35. The Hall–Kier alpha value is -1.47. The molecule has 116 valence electrons. The van der Waals surface area contributed by atoms with E-state index in [9.17, 15) is 9.90 Å². The molecule has 1 aromatic heterocycles. The van der Waals surface area contributed by atoms with Gasteiger partial charge in [-0.15, -0.1) is 5.10 Å². The summed E-state index contributed by atoms with van der Waals surface area (Å²) in [5.41, 5.74) is 0. The van der Waals surface area contributed by atoms with E-state index in [2.05, 4.69) is 20.4 Å². The number of carbonyl (C=O) groups is 1. The number of piperidine rings is 1. The number of aliphatic hydroxyl groups excluding tert-OH is 1. The first kappa shape index (κ1) is 14.5. The molecule has 1 aromatic rings. The zero-order valence-corrected chi connectivity index (χ0v) is 12.5. The molecule has 0 aromatic carbocycles. The fraction of sp³-hybridized carbons (Fsp3) is 0.786. The average molecular weight is 294 g/mol. The lowest BCUT2D eigenvalue weighted by molar-refractivity contribution is -0.119. The van der Waals surface area contributed by atoms with E-state index in [1.54, 1.807) is 0 Å². The predicted octanol–water partition coefficient (Wildman–Crippen LogP) is 1.12. The maximum atomic E-state index is 12.1. The van der Waals surface area contributed by atoms with Crippen molar-refractivity contribution >= 4 is 11.9 Å². The van der Waals surface area contributed by atoms with Crippen LogP contribution < -0.4 is 5.32 Å². The summed E-state index contributed by atoms with van der Waals surface area (Å²) in [4.78, 5) is 14.3. The highest BCUT2D eigenvalue weighted by Crippen LogP contribution is 2.35. The van der Waals surface area contributed by atoms with Gasteiger partial charge in [0.2, 0.25) is 11.8 Å². The highest BCUT2D eigenvalue weighted by Gasteiger charge is 2.40. The molecule has 2 bridgehead atoms. The maximum Gasteiger partial charge on any atom is 0.322 e. The van der Waals surface area contributed by atoms with Crippen molar-refractivity contribution < 1.29 is 14.3 Å². The lowest BCUT2D eigenvalue weighted by atomic mass is 10.00. The Morgan fingerprint density at radius 3 is 2.62 bits per heavy atom. The third-order valence-corrected chi connectivity index (χ3v) is 4.37. The topological polar surface area (TPSA) is 91.5 Å². The smallest absolute Gasteiger partial charge is 0.322 e. The molecule has 2 fully saturated rings. The Labute approximate surface area is 123 Å². The van der Waals surface area contributed by atoms with Crippen LogP contribution in [0.2, 0.25) is 0 Å². The largest absolute Gasteiger partial charge is 0.408 e. The van der Waals surface area contributed by atoms with Gasteiger partial charge in [0, 0.05) is 18.0 Å². The molecule has 2 unspecified atom stereocenters. The molecule has 21 heavy (non-hydrogen) atoms. The molecule has 2 saturated heterocycles. The number of nitrogens with one attached hydrogen (secondary N) is 1. The van der Waals surface area contributed by atoms with E-state index >= 15 is 0 Å². The number of aliphatic hydroxyl groups is 1. The monoisotopic (exact) mass is 294 g/mol. The van der Waals surface area contributed by atoms with Gasteiger partial charge in [-0.05, 0) is 25.7 Å². The Kier molecular flexibility index (Phi) is 3.95. The number of amides is 1. The van der Waals surface area contributed by atoms with Gasteiger partial charge in [-0.3, -0.25) is 15.0 Å². The van der Waals surface area contributed by atoms with Crippen LogP contribution in [0.3, 0.4) is 0 Å². The predicted molar refractivity (Wildman–Crippen MR) is 75.8 cm³/mol. The van der Waals surface area contributed by atoms with Gasteiger partial charge in [0.05, 0.1) is 12.6 Å². The first-order chi connectivity index (χ1) is 10.0. The normalized spacial score (nSPS) is 29.0. The van der Waals surface area contributed by atoms with E-state index in [1.807, 2.05) is 13.8 Å². The van der Waals surface area contributed by atoms with E-state index in [1.165, 1.54) is 0 Å². The first-order valence-corrected chi connectivity index (χ1v) is 7.60. The fourth-order valence-corrected chi connectivity index (χ4v) is 3.35. The van der Waals surface area contributed by atoms with Gasteiger partial charge in [-0.1, -0.05) is 18.9 Å². The Balaban J connectivity index is 1.57. The van der Waals surface area contributed by atoms with Crippen LogP contribution in [0.4, 0.5) is 6.01 Å². The van der Waals surface area contributed by atoms with Gasteiger partial charge < -0.3 is 9.52 Å². The van der Waals surface area contributed by atoms with E-state index < -0.39 is 0 Å². The molecule has 7 heteroatoms. The molecule has 2 atom stereocenters. The van der Waals surface area contributed by atoms with Crippen LogP contribution in [0.15, 0.2) is 4.42 Å². The first-order valence-electron chi connectivity index (χ1n) is 7.60. The minimum atomic E-state index is -0.216. The summed E-state index contributed by atoms with van der Waals surface area (Å²) in [6, 6.07) is 0.796. The van der Waals surface area contributed by atoms with Crippen LogP contribution in [0, 0.1) is 0 Å². The molecule has 0 spiro atoms. The Bertz CT molecular complexity index is 502. The number of aromatic nitrogens is 2. The molecule has 0 aliphatic carbocycles. The molecule has 1 amide bonds. The highest BCUT2D eigenvalue weighted by atomic mass is 16.4. The van der Waals surface area contributed by atoms with Crippen LogP contribution in [0.5, 0.6) is 0 Å². The van der Waals surface area contributed by atoms with Gasteiger partial charge in [0.1, 0.15) is 0 Å². The summed E-state index contributed by atoms with van der Waals surface area (Å²) in [6.07, 6.45) is 3.44. The van der Waals surface area contributed by atoms with Crippen molar-refractivity contribution in [2.45, 2.75) is 63.6 Å². The van der Waals surface area contributed by atoms with Crippen LogP contribution in [-0.4, -0.2) is 50.8 Å². The van der Waals surface area contributed by atoms with Crippen molar-refractivity contribution in [3.05, 3.63) is 5.89 Å². The number of anilines is 1. The molecule has 7 nitrogen and oxygen atoms in total. The van der Waals surface area contributed by atoms with Crippen molar-refractivity contribution in [3.63, 3.8) is 0 Å². The minimum Gasteiger partial charge on any atom is -0.408 e. The number of hydrogen-bond acceptors (Lipinski definition) is 6. The Morgan fingerprint density at radius 2 is 2.05 bits per heavy atom. The zero-order valence-electron chi connectivity index (χ0n) is 12.5. The van der Waals surface area contributed by atoms with E-state index in [4.69, 9.17) is 4.42 Å². The molecular formula is C14H22N4O3. The van der Waals surface area contributed by atoms with Gasteiger partial charge in [0.15, 0.2) is 0 Å². The number of rotatable bonds is 4. The quantitative estimate of drug-likeness (QED) is 0.864. The van der Waals surface area contributed by atoms with Crippen molar-refractivity contribution in [1.29, 1.82) is 0 Å². The highest BCUT2D eigenvalue weighted by molar-refractivity contribution is 5.90.